The number of halogens is 1. The van der Waals surface area contributed by atoms with Crippen molar-refractivity contribution in [3.63, 3.8) is 0 Å². The Hall–Kier alpha value is -0.320. The smallest absolute Gasteiger partial charge is 0.0142 e. The molecule has 3 aromatic rings. The van der Waals surface area contributed by atoms with Crippen LogP contribution in [-0.2, 0) is 0 Å². The van der Waals surface area contributed by atoms with Crippen molar-refractivity contribution in [2.24, 2.45) is 0 Å². The average molecular weight is 452 g/mol. The molecule has 3 atom stereocenters. The van der Waals surface area contributed by atoms with E-state index in [2.05, 4.69) is 111 Å². The number of rotatable bonds is 2. The maximum Gasteiger partial charge on any atom is 0.0142 e. The predicted octanol–water partition coefficient (Wildman–Crippen LogP) is 4.13. The number of benzene rings is 3. The van der Waals surface area contributed by atoms with Crippen LogP contribution >= 0.6 is 50.3 Å². The molecule has 4 heteroatoms. The summed E-state index contributed by atoms with van der Waals surface area (Å²) in [4.78, 5) is 0. The summed E-state index contributed by atoms with van der Waals surface area (Å²) in [7, 11) is 8.29. The zero-order valence-corrected chi connectivity index (χ0v) is 17.5. The number of hydrogen-bond acceptors (Lipinski definition) is 0. The molecule has 0 aliphatic carbocycles. The molecule has 0 aliphatic rings. The van der Waals surface area contributed by atoms with E-state index in [4.69, 9.17) is 0 Å². The summed E-state index contributed by atoms with van der Waals surface area (Å²) in [6, 6.07) is 21.9. The molecule has 0 N–H and O–H groups in total. The van der Waals surface area contributed by atoms with Crippen molar-refractivity contribution in [1.29, 1.82) is 0 Å². The lowest BCUT2D eigenvalue weighted by Gasteiger charge is -2.10. The summed E-state index contributed by atoms with van der Waals surface area (Å²) in [6.45, 7) is 0. The van der Waals surface area contributed by atoms with Gasteiger partial charge >= 0.3 is 0 Å². The second-order valence-corrected chi connectivity index (χ2v) is 8.35. The van der Waals surface area contributed by atoms with Gasteiger partial charge in [-0.3, -0.25) is 0 Å². The van der Waals surface area contributed by atoms with Gasteiger partial charge in [-0.05, 0) is 85.0 Å². The fourth-order valence-corrected chi connectivity index (χ4v) is 3.67. The Kier molecular flexibility index (Phi) is 5.31. The Morgan fingerprint density at radius 2 is 1.14 bits per heavy atom. The highest BCUT2D eigenvalue weighted by atomic mass is 127. The molecule has 3 rings (SSSR count). The van der Waals surface area contributed by atoms with E-state index in [0.29, 0.717) is 0 Å². The standard InChI is InChI=1S/C18H16IP3/c19-15-8-13(11-1-4-16(20)5-2-11)7-14(9-15)12-3-6-17(21)18(22)10-12/h1-10H,20-22H2. The third-order valence-corrected chi connectivity index (χ3v) is 5.93. The Labute approximate surface area is 152 Å². The first-order chi connectivity index (χ1) is 10.5. The molecular weight excluding hydrogens is 436 g/mol. The number of hydrogen-bond donors (Lipinski definition) is 0. The molecular formula is C18H16IP3. The van der Waals surface area contributed by atoms with Crippen molar-refractivity contribution in [2.45, 2.75) is 0 Å². The van der Waals surface area contributed by atoms with Crippen molar-refractivity contribution in [1.82, 2.24) is 0 Å². The molecule has 3 unspecified atom stereocenters. The van der Waals surface area contributed by atoms with E-state index in [-0.39, 0.29) is 0 Å². The molecule has 0 bridgehead atoms. The highest BCUT2D eigenvalue weighted by molar-refractivity contribution is 14.1. The van der Waals surface area contributed by atoms with Gasteiger partial charge in [0.15, 0.2) is 0 Å². The molecule has 110 valence electrons. The van der Waals surface area contributed by atoms with Crippen LogP contribution in [0.5, 0.6) is 0 Å². The predicted molar refractivity (Wildman–Crippen MR) is 118 cm³/mol. The van der Waals surface area contributed by atoms with Crippen LogP contribution in [0.1, 0.15) is 0 Å². The van der Waals surface area contributed by atoms with Gasteiger partial charge in [0, 0.05) is 3.57 Å². The minimum absolute atomic E-state index is 1.21. The van der Waals surface area contributed by atoms with Crippen LogP contribution < -0.4 is 15.9 Å². The molecule has 22 heavy (non-hydrogen) atoms. The second kappa shape index (κ2) is 7.06. The summed E-state index contributed by atoms with van der Waals surface area (Å²) in [5.41, 5.74) is 5.01. The van der Waals surface area contributed by atoms with Crippen LogP contribution in [0.25, 0.3) is 22.3 Å². The summed E-state index contributed by atoms with van der Waals surface area (Å²) in [5, 5.41) is 3.64. The van der Waals surface area contributed by atoms with E-state index >= 15 is 0 Å². The van der Waals surface area contributed by atoms with E-state index in [1.165, 1.54) is 41.7 Å². The van der Waals surface area contributed by atoms with Gasteiger partial charge in [-0.15, -0.1) is 27.7 Å². The molecule has 0 aliphatic heterocycles. The normalized spacial score (nSPS) is 10.7. The third kappa shape index (κ3) is 3.77. The van der Waals surface area contributed by atoms with Gasteiger partial charge in [0.2, 0.25) is 0 Å². The van der Waals surface area contributed by atoms with Crippen LogP contribution in [0, 0.1) is 3.57 Å². The van der Waals surface area contributed by atoms with Crippen molar-refractivity contribution in [3.8, 4) is 22.3 Å². The first kappa shape index (κ1) is 16.5. The molecule has 0 saturated carbocycles. The molecule has 0 saturated heterocycles. The van der Waals surface area contributed by atoms with Gasteiger partial charge in [0.25, 0.3) is 0 Å². The van der Waals surface area contributed by atoms with Crippen LogP contribution in [0.3, 0.4) is 0 Å². The summed E-state index contributed by atoms with van der Waals surface area (Å²) < 4.78 is 1.25. The maximum atomic E-state index is 2.80. The minimum atomic E-state index is 1.21. The molecule has 0 spiro atoms. The van der Waals surface area contributed by atoms with Gasteiger partial charge in [-0.2, -0.15) is 0 Å². The lowest BCUT2D eigenvalue weighted by Crippen LogP contribution is -2.10. The molecule has 0 heterocycles. The van der Waals surface area contributed by atoms with Crippen molar-refractivity contribution in [2.75, 3.05) is 0 Å². The first-order valence-corrected chi connectivity index (χ1v) is 9.66. The summed E-state index contributed by atoms with van der Waals surface area (Å²) in [6.07, 6.45) is 0. The lowest BCUT2D eigenvalue weighted by atomic mass is 9.99. The highest BCUT2D eigenvalue weighted by Crippen LogP contribution is 2.28. The first-order valence-electron chi connectivity index (χ1n) is 6.85. The van der Waals surface area contributed by atoms with Gasteiger partial charge in [0.05, 0.1) is 0 Å². The maximum absolute atomic E-state index is 2.80. The van der Waals surface area contributed by atoms with Crippen molar-refractivity contribution in [3.05, 3.63) is 64.2 Å². The molecule has 0 nitrogen and oxygen atoms in total. The fraction of sp³-hybridized carbons (Fsp3) is 0. The molecule has 0 aromatic heterocycles. The van der Waals surface area contributed by atoms with Gasteiger partial charge in [0.1, 0.15) is 0 Å². The van der Waals surface area contributed by atoms with E-state index in [9.17, 15) is 0 Å². The minimum Gasteiger partial charge on any atom is -0.106 e. The monoisotopic (exact) mass is 452 g/mol. The summed E-state index contributed by atoms with van der Waals surface area (Å²) in [5.74, 6) is 0. The van der Waals surface area contributed by atoms with Crippen molar-refractivity contribution < 1.29 is 0 Å². The second-order valence-electron chi connectivity index (χ2n) is 5.19. The lowest BCUT2D eigenvalue weighted by molar-refractivity contribution is 1.58. The van der Waals surface area contributed by atoms with Crippen LogP contribution in [0.4, 0.5) is 0 Å². The van der Waals surface area contributed by atoms with E-state index < -0.39 is 0 Å². The van der Waals surface area contributed by atoms with Gasteiger partial charge < -0.3 is 0 Å². The zero-order chi connectivity index (χ0) is 15.7. The average Bonchev–Trinajstić information content (AvgIpc) is 2.50. The Morgan fingerprint density at radius 1 is 0.545 bits per heavy atom. The van der Waals surface area contributed by atoms with E-state index in [1.807, 2.05) is 0 Å². The molecule has 3 aromatic carbocycles. The summed E-state index contributed by atoms with van der Waals surface area (Å²) >= 11 is 2.39. The van der Waals surface area contributed by atoms with Crippen LogP contribution in [0.15, 0.2) is 60.7 Å². The van der Waals surface area contributed by atoms with Gasteiger partial charge in [-0.25, -0.2) is 0 Å². The molecule has 0 amide bonds. The van der Waals surface area contributed by atoms with Crippen molar-refractivity contribution >= 4 is 66.2 Å². The zero-order valence-electron chi connectivity index (χ0n) is 11.9. The SMILES string of the molecule is Pc1ccc(-c2cc(I)cc(-c3ccc(P)c(P)c3)c2)cc1. The fourth-order valence-electron chi connectivity index (χ4n) is 2.35. The van der Waals surface area contributed by atoms with Crippen LogP contribution in [-0.4, -0.2) is 0 Å². The van der Waals surface area contributed by atoms with Gasteiger partial charge in [-0.1, -0.05) is 36.4 Å². The van der Waals surface area contributed by atoms with Crippen LogP contribution in [0.2, 0.25) is 0 Å². The molecule has 0 fully saturated rings. The third-order valence-electron chi connectivity index (χ3n) is 3.56. The van der Waals surface area contributed by atoms with E-state index in [1.54, 1.807) is 0 Å². The Morgan fingerprint density at radius 3 is 1.77 bits per heavy atom. The Balaban J connectivity index is 2.09. The highest BCUT2D eigenvalue weighted by Gasteiger charge is 2.05. The van der Waals surface area contributed by atoms with E-state index in [0.717, 1.165) is 0 Å². The molecule has 0 radical (unpaired) electrons. The quantitative estimate of drug-likeness (QED) is 0.406. The Bertz CT molecular complexity index is 826. The largest absolute Gasteiger partial charge is 0.106 e. The topological polar surface area (TPSA) is 0 Å².